The van der Waals surface area contributed by atoms with E-state index >= 15 is 0 Å². The summed E-state index contributed by atoms with van der Waals surface area (Å²) in [5.41, 5.74) is 6.97. The minimum Gasteiger partial charge on any atom is -0.396 e. The summed E-state index contributed by atoms with van der Waals surface area (Å²) in [5.74, 6) is 1.12. The zero-order chi connectivity index (χ0) is 11.8. The number of aliphatic hydroxyl groups is 1. The van der Waals surface area contributed by atoms with Crippen LogP contribution in [0.15, 0.2) is 29.2 Å². The minimum atomic E-state index is 0.114. The molecule has 90 valence electrons. The fourth-order valence-electron chi connectivity index (χ4n) is 1.45. The van der Waals surface area contributed by atoms with Gasteiger partial charge >= 0.3 is 0 Å². The van der Waals surface area contributed by atoms with Crippen molar-refractivity contribution in [3.63, 3.8) is 0 Å². The van der Waals surface area contributed by atoms with Gasteiger partial charge in [-0.15, -0.1) is 11.8 Å². The van der Waals surface area contributed by atoms with Crippen LogP contribution in [-0.4, -0.2) is 17.5 Å². The number of unbranched alkanes of at least 4 members (excludes halogenated alkanes) is 2. The van der Waals surface area contributed by atoms with Crippen LogP contribution in [0.25, 0.3) is 0 Å². The average Bonchev–Trinajstić information content (AvgIpc) is 2.29. The maximum absolute atomic E-state index is 8.65. The largest absolute Gasteiger partial charge is 0.396 e. The lowest BCUT2D eigenvalue weighted by atomic mass is 10.1. The van der Waals surface area contributed by atoms with Gasteiger partial charge in [0.15, 0.2) is 0 Å². The lowest BCUT2D eigenvalue weighted by Gasteiger charge is -2.06. The number of hydrogen-bond acceptors (Lipinski definition) is 3. The van der Waals surface area contributed by atoms with Crippen molar-refractivity contribution in [3.8, 4) is 0 Å². The molecular weight excluding hydrogens is 218 g/mol. The van der Waals surface area contributed by atoms with Crippen molar-refractivity contribution in [2.75, 3.05) is 12.4 Å². The molecule has 0 radical (unpaired) electrons. The molecule has 0 aliphatic carbocycles. The second kappa shape index (κ2) is 7.71. The van der Waals surface area contributed by atoms with Crippen molar-refractivity contribution in [1.82, 2.24) is 0 Å². The Labute approximate surface area is 102 Å². The molecule has 0 bridgehead atoms. The summed E-state index contributed by atoms with van der Waals surface area (Å²) in [4.78, 5) is 1.30. The standard InChI is InChI=1S/C13H21NOS/c1-11(14)12-5-7-13(8-6-12)16-10-4-2-3-9-15/h5-8,11,15H,2-4,9-10,14H2,1H3. The Morgan fingerprint density at radius 1 is 1.19 bits per heavy atom. The maximum Gasteiger partial charge on any atom is 0.0431 e. The van der Waals surface area contributed by atoms with Gasteiger partial charge in [0.1, 0.15) is 0 Å². The van der Waals surface area contributed by atoms with Crippen LogP contribution in [-0.2, 0) is 0 Å². The van der Waals surface area contributed by atoms with E-state index in [-0.39, 0.29) is 6.04 Å². The molecule has 3 N–H and O–H groups in total. The Balaban J connectivity index is 2.27. The average molecular weight is 239 g/mol. The van der Waals surface area contributed by atoms with Crippen LogP contribution in [0.1, 0.15) is 37.8 Å². The molecule has 1 rings (SSSR count). The van der Waals surface area contributed by atoms with Crippen LogP contribution < -0.4 is 5.73 Å². The first kappa shape index (κ1) is 13.6. The Hall–Kier alpha value is -0.510. The third-order valence-corrected chi connectivity index (χ3v) is 3.58. The highest BCUT2D eigenvalue weighted by Gasteiger charge is 1.99. The van der Waals surface area contributed by atoms with Gasteiger partial charge in [0, 0.05) is 17.5 Å². The van der Waals surface area contributed by atoms with Crippen LogP contribution in [0.2, 0.25) is 0 Å². The predicted octanol–water partition coefficient (Wildman–Crippen LogP) is 2.96. The van der Waals surface area contributed by atoms with Crippen molar-refractivity contribution in [2.45, 2.75) is 37.1 Å². The third kappa shape index (κ3) is 5.01. The minimum absolute atomic E-state index is 0.114. The van der Waals surface area contributed by atoms with Crippen LogP contribution in [0.4, 0.5) is 0 Å². The normalized spacial score (nSPS) is 12.7. The second-order valence-electron chi connectivity index (χ2n) is 3.99. The zero-order valence-electron chi connectivity index (χ0n) is 9.86. The lowest BCUT2D eigenvalue weighted by molar-refractivity contribution is 0.284. The number of rotatable bonds is 7. The highest BCUT2D eigenvalue weighted by molar-refractivity contribution is 7.99. The van der Waals surface area contributed by atoms with E-state index in [1.54, 1.807) is 0 Å². The highest BCUT2D eigenvalue weighted by Crippen LogP contribution is 2.21. The monoisotopic (exact) mass is 239 g/mol. The van der Waals surface area contributed by atoms with E-state index in [0.717, 1.165) is 18.6 Å². The van der Waals surface area contributed by atoms with Gasteiger partial charge < -0.3 is 10.8 Å². The van der Waals surface area contributed by atoms with Gasteiger partial charge in [0.25, 0.3) is 0 Å². The molecule has 0 saturated carbocycles. The second-order valence-corrected chi connectivity index (χ2v) is 5.16. The number of aliphatic hydroxyl groups excluding tert-OH is 1. The Morgan fingerprint density at radius 2 is 1.88 bits per heavy atom. The summed E-state index contributed by atoms with van der Waals surface area (Å²) in [5, 5.41) is 8.65. The van der Waals surface area contributed by atoms with Crippen molar-refractivity contribution < 1.29 is 5.11 Å². The van der Waals surface area contributed by atoms with Gasteiger partial charge in [-0.1, -0.05) is 18.6 Å². The maximum atomic E-state index is 8.65. The first-order valence-corrected chi connectivity index (χ1v) is 6.82. The zero-order valence-corrected chi connectivity index (χ0v) is 10.7. The summed E-state index contributed by atoms with van der Waals surface area (Å²) in [6.45, 7) is 2.31. The van der Waals surface area contributed by atoms with Crippen LogP contribution in [0, 0.1) is 0 Å². The molecule has 0 saturated heterocycles. The predicted molar refractivity (Wildman–Crippen MR) is 70.7 cm³/mol. The molecular formula is C13H21NOS. The van der Waals surface area contributed by atoms with Gasteiger partial charge in [-0.05, 0) is 43.2 Å². The molecule has 16 heavy (non-hydrogen) atoms. The Kier molecular flexibility index (Phi) is 6.53. The fraction of sp³-hybridized carbons (Fsp3) is 0.538. The van der Waals surface area contributed by atoms with E-state index in [0.29, 0.717) is 6.61 Å². The first-order valence-electron chi connectivity index (χ1n) is 5.83. The summed E-state index contributed by atoms with van der Waals surface area (Å²) >= 11 is 1.87. The summed E-state index contributed by atoms with van der Waals surface area (Å²) < 4.78 is 0. The van der Waals surface area contributed by atoms with Gasteiger partial charge in [0.2, 0.25) is 0 Å². The molecule has 0 aromatic heterocycles. The molecule has 0 aliphatic rings. The van der Waals surface area contributed by atoms with E-state index in [1.807, 2.05) is 18.7 Å². The molecule has 1 unspecified atom stereocenters. The van der Waals surface area contributed by atoms with Crippen molar-refractivity contribution in [2.24, 2.45) is 5.73 Å². The third-order valence-electron chi connectivity index (χ3n) is 2.48. The summed E-state index contributed by atoms with van der Waals surface area (Å²) in [6, 6.07) is 8.58. The number of hydrogen-bond donors (Lipinski definition) is 2. The SMILES string of the molecule is CC(N)c1ccc(SCCCCCO)cc1. The molecule has 0 heterocycles. The molecule has 1 aromatic rings. The van der Waals surface area contributed by atoms with Crippen molar-refractivity contribution >= 4 is 11.8 Å². The molecule has 1 atom stereocenters. The lowest BCUT2D eigenvalue weighted by Crippen LogP contribution is -2.04. The van der Waals surface area contributed by atoms with Crippen LogP contribution >= 0.6 is 11.8 Å². The molecule has 0 aliphatic heterocycles. The van der Waals surface area contributed by atoms with Gasteiger partial charge in [0.05, 0.1) is 0 Å². The highest BCUT2D eigenvalue weighted by atomic mass is 32.2. The Morgan fingerprint density at radius 3 is 2.44 bits per heavy atom. The Bertz CT molecular complexity index is 284. The molecule has 1 aromatic carbocycles. The van der Waals surface area contributed by atoms with E-state index in [1.165, 1.54) is 16.9 Å². The van der Waals surface area contributed by atoms with E-state index in [2.05, 4.69) is 24.3 Å². The van der Waals surface area contributed by atoms with Gasteiger partial charge in [-0.25, -0.2) is 0 Å². The first-order chi connectivity index (χ1) is 7.74. The summed E-state index contributed by atoms with van der Waals surface area (Å²) in [6.07, 6.45) is 3.20. The van der Waals surface area contributed by atoms with Crippen molar-refractivity contribution in [3.05, 3.63) is 29.8 Å². The smallest absolute Gasteiger partial charge is 0.0431 e. The molecule has 0 amide bonds. The number of nitrogens with two attached hydrogens (primary N) is 1. The molecule has 2 nitrogen and oxygen atoms in total. The molecule has 3 heteroatoms. The van der Waals surface area contributed by atoms with Crippen LogP contribution in [0.5, 0.6) is 0 Å². The van der Waals surface area contributed by atoms with E-state index < -0.39 is 0 Å². The topological polar surface area (TPSA) is 46.2 Å². The van der Waals surface area contributed by atoms with Gasteiger partial charge in [-0.2, -0.15) is 0 Å². The number of thioether (sulfide) groups is 1. The van der Waals surface area contributed by atoms with E-state index in [4.69, 9.17) is 10.8 Å². The van der Waals surface area contributed by atoms with Gasteiger partial charge in [-0.3, -0.25) is 0 Å². The van der Waals surface area contributed by atoms with E-state index in [9.17, 15) is 0 Å². The van der Waals surface area contributed by atoms with Crippen molar-refractivity contribution in [1.29, 1.82) is 0 Å². The number of benzene rings is 1. The van der Waals surface area contributed by atoms with Crippen LogP contribution in [0.3, 0.4) is 0 Å². The summed E-state index contributed by atoms with van der Waals surface area (Å²) in [7, 11) is 0. The fourth-order valence-corrected chi connectivity index (χ4v) is 2.36. The molecule has 0 spiro atoms. The quantitative estimate of drug-likeness (QED) is 0.568. The molecule has 0 fully saturated rings.